The lowest BCUT2D eigenvalue weighted by molar-refractivity contribution is 0.416. The summed E-state index contributed by atoms with van der Waals surface area (Å²) in [5.41, 5.74) is 17.5. The SMILES string of the molecule is COc1cc(-c2ccccn2)ccc1-c1ccccc1-c1cc(-c2ccccc2-c2ccc(-c3nccn3C)cc2)cc(-c2ccccc2-c2ccc(-c3nccn3C)cc2)c1. The fourth-order valence-electron chi connectivity index (χ4n) is 8.53. The average molecular weight is 802 g/mol. The second-order valence-electron chi connectivity index (χ2n) is 15.4. The Balaban J connectivity index is 1.14. The van der Waals surface area contributed by atoms with Crippen molar-refractivity contribution in [3.63, 3.8) is 0 Å². The van der Waals surface area contributed by atoms with Gasteiger partial charge in [-0.3, -0.25) is 4.98 Å². The van der Waals surface area contributed by atoms with E-state index in [0.717, 1.165) is 107 Å². The molecule has 6 nitrogen and oxygen atoms in total. The molecule has 0 unspecified atom stereocenters. The number of imidazole rings is 2. The zero-order valence-corrected chi connectivity index (χ0v) is 34.8. The molecule has 0 N–H and O–H groups in total. The van der Waals surface area contributed by atoms with E-state index in [-0.39, 0.29) is 0 Å². The summed E-state index contributed by atoms with van der Waals surface area (Å²) in [7, 11) is 5.79. The van der Waals surface area contributed by atoms with Gasteiger partial charge in [-0.15, -0.1) is 0 Å². The highest BCUT2D eigenvalue weighted by Gasteiger charge is 2.18. The molecule has 0 radical (unpaired) electrons. The smallest absolute Gasteiger partial charge is 0.139 e. The molecule has 7 aromatic carbocycles. The Morgan fingerprint density at radius 3 is 1.16 bits per heavy atom. The lowest BCUT2D eigenvalue weighted by Gasteiger charge is -2.19. The molecule has 0 amide bonds. The van der Waals surface area contributed by atoms with Crippen molar-refractivity contribution in [2.24, 2.45) is 14.1 Å². The van der Waals surface area contributed by atoms with E-state index in [2.05, 4.69) is 173 Å². The Hall–Kier alpha value is -8.09. The van der Waals surface area contributed by atoms with Crippen molar-refractivity contribution in [3.8, 4) is 107 Å². The van der Waals surface area contributed by atoms with Crippen molar-refractivity contribution in [1.29, 1.82) is 0 Å². The molecule has 0 bridgehead atoms. The number of pyridine rings is 1. The highest BCUT2D eigenvalue weighted by Crippen LogP contribution is 2.44. The topological polar surface area (TPSA) is 57.8 Å². The van der Waals surface area contributed by atoms with Gasteiger partial charge in [0, 0.05) is 67.3 Å². The summed E-state index contributed by atoms with van der Waals surface area (Å²) >= 11 is 0. The summed E-state index contributed by atoms with van der Waals surface area (Å²) in [6.07, 6.45) is 9.45. The first-order valence-corrected chi connectivity index (χ1v) is 20.7. The molecule has 10 aromatic rings. The maximum atomic E-state index is 6.11. The highest BCUT2D eigenvalue weighted by atomic mass is 16.5. The lowest BCUT2D eigenvalue weighted by atomic mass is 9.86. The molecule has 3 aromatic heterocycles. The van der Waals surface area contributed by atoms with Crippen LogP contribution in [0.3, 0.4) is 0 Å². The fraction of sp³-hybridized carbons (Fsp3) is 0.0536. The summed E-state index contributed by atoms with van der Waals surface area (Å²) in [5.74, 6) is 2.67. The van der Waals surface area contributed by atoms with Crippen LogP contribution in [0.15, 0.2) is 207 Å². The van der Waals surface area contributed by atoms with Crippen LogP contribution in [0.5, 0.6) is 5.75 Å². The Labute approximate surface area is 362 Å². The van der Waals surface area contributed by atoms with E-state index in [4.69, 9.17) is 4.74 Å². The normalized spacial score (nSPS) is 11.1. The molecule has 0 atom stereocenters. The van der Waals surface area contributed by atoms with Gasteiger partial charge in [-0.2, -0.15) is 0 Å². The van der Waals surface area contributed by atoms with Gasteiger partial charge in [0.2, 0.25) is 0 Å². The molecule has 3 heterocycles. The van der Waals surface area contributed by atoms with Crippen LogP contribution in [0, 0.1) is 0 Å². The predicted molar refractivity (Wildman–Crippen MR) is 253 cm³/mol. The van der Waals surface area contributed by atoms with E-state index < -0.39 is 0 Å². The van der Waals surface area contributed by atoms with Gasteiger partial charge in [0.25, 0.3) is 0 Å². The van der Waals surface area contributed by atoms with Crippen molar-refractivity contribution in [3.05, 3.63) is 207 Å². The number of hydrogen-bond acceptors (Lipinski definition) is 4. The summed E-state index contributed by atoms with van der Waals surface area (Å²) in [4.78, 5) is 13.8. The monoisotopic (exact) mass is 801 g/mol. The molecule has 6 heteroatoms. The third-order valence-corrected chi connectivity index (χ3v) is 11.7. The maximum Gasteiger partial charge on any atom is 0.139 e. The quantitative estimate of drug-likeness (QED) is 0.138. The van der Waals surface area contributed by atoms with Gasteiger partial charge in [0.05, 0.1) is 12.8 Å². The summed E-state index contributed by atoms with van der Waals surface area (Å²) < 4.78 is 10.2. The number of ether oxygens (including phenoxy) is 1. The maximum absolute atomic E-state index is 6.11. The number of hydrogen-bond donors (Lipinski definition) is 0. The first-order valence-electron chi connectivity index (χ1n) is 20.7. The minimum Gasteiger partial charge on any atom is -0.496 e. The van der Waals surface area contributed by atoms with Crippen LogP contribution in [0.4, 0.5) is 0 Å². The van der Waals surface area contributed by atoms with Crippen LogP contribution in [0.1, 0.15) is 0 Å². The van der Waals surface area contributed by atoms with Crippen LogP contribution >= 0.6 is 0 Å². The third-order valence-electron chi connectivity index (χ3n) is 11.7. The first-order chi connectivity index (χ1) is 30.5. The van der Waals surface area contributed by atoms with E-state index in [1.165, 1.54) is 0 Å². The standard InChI is InChI=1S/C56H43N5O/c1-60-32-30-58-55(60)40-23-19-38(20-24-40)46-12-4-6-14-48(46)43-34-44(49-15-7-5-13-47(49)39-21-25-41(26-22-39)56-59-31-33-61(56)2)36-45(35-43)50-16-8-9-17-51(50)52-28-27-42(37-54(52)62-3)53-18-10-11-29-57-53/h4-37H,1-3H3. The minimum absolute atomic E-state index is 0.788. The van der Waals surface area contributed by atoms with E-state index in [1.54, 1.807) is 7.11 Å². The highest BCUT2D eigenvalue weighted by molar-refractivity contribution is 5.95. The number of nitrogens with zero attached hydrogens (tertiary/aromatic N) is 5. The molecule has 0 aliphatic heterocycles. The molecule has 0 fully saturated rings. The van der Waals surface area contributed by atoms with Crippen LogP contribution < -0.4 is 4.74 Å². The molecule has 0 aliphatic rings. The number of benzene rings is 7. The first kappa shape index (κ1) is 38.1. The van der Waals surface area contributed by atoms with Crippen molar-refractivity contribution >= 4 is 0 Å². The molecule has 10 rings (SSSR count). The Bertz CT molecular complexity index is 3030. The average Bonchev–Trinajstić information content (AvgIpc) is 3.99. The molecule has 0 aliphatic carbocycles. The Kier molecular flexibility index (Phi) is 10.2. The zero-order chi connectivity index (χ0) is 42.0. The Morgan fingerprint density at radius 2 is 0.742 bits per heavy atom. The molecular weight excluding hydrogens is 759 g/mol. The fourth-order valence-corrected chi connectivity index (χ4v) is 8.53. The predicted octanol–water partition coefficient (Wildman–Crippen LogP) is 13.6. The van der Waals surface area contributed by atoms with Gasteiger partial charge >= 0.3 is 0 Å². The van der Waals surface area contributed by atoms with Crippen LogP contribution in [0.2, 0.25) is 0 Å². The molecule has 298 valence electrons. The van der Waals surface area contributed by atoms with Crippen molar-refractivity contribution in [1.82, 2.24) is 24.1 Å². The van der Waals surface area contributed by atoms with Gasteiger partial charge < -0.3 is 13.9 Å². The molecule has 0 saturated carbocycles. The van der Waals surface area contributed by atoms with Gasteiger partial charge in [0.1, 0.15) is 17.4 Å². The molecule has 62 heavy (non-hydrogen) atoms. The minimum atomic E-state index is 0.788. The lowest BCUT2D eigenvalue weighted by Crippen LogP contribution is -1.94. The van der Waals surface area contributed by atoms with Crippen molar-refractivity contribution in [2.75, 3.05) is 7.11 Å². The zero-order valence-electron chi connectivity index (χ0n) is 34.8. The summed E-state index contributed by atoms with van der Waals surface area (Å²) in [6.45, 7) is 0. The van der Waals surface area contributed by atoms with Crippen molar-refractivity contribution in [2.45, 2.75) is 0 Å². The molecule has 0 spiro atoms. The second-order valence-corrected chi connectivity index (χ2v) is 15.4. The summed E-state index contributed by atoms with van der Waals surface area (Å²) in [5, 5.41) is 0. The van der Waals surface area contributed by atoms with Gasteiger partial charge in [-0.25, -0.2) is 9.97 Å². The van der Waals surface area contributed by atoms with E-state index in [1.807, 2.05) is 72.4 Å². The number of rotatable bonds is 10. The second kappa shape index (κ2) is 16.5. The number of methoxy groups -OCH3 is 1. The molecule has 0 saturated heterocycles. The molecular formula is C56H43N5O. The van der Waals surface area contributed by atoms with E-state index in [9.17, 15) is 0 Å². The number of aromatic nitrogens is 5. The van der Waals surface area contributed by atoms with E-state index >= 15 is 0 Å². The summed E-state index contributed by atoms with van der Waals surface area (Å²) in [6, 6.07) is 62.8. The third kappa shape index (κ3) is 7.28. The van der Waals surface area contributed by atoms with Gasteiger partial charge in [-0.05, 0) is 104 Å². The van der Waals surface area contributed by atoms with Crippen LogP contribution in [-0.4, -0.2) is 31.2 Å². The largest absolute Gasteiger partial charge is 0.496 e. The number of aryl methyl sites for hydroxylation is 2. The van der Waals surface area contributed by atoms with Crippen LogP contribution in [-0.2, 0) is 14.1 Å². The van der Waals surface area contributed by atoms with Crippen LogP contribution in [0.25, 0.3) is 101 Å². The van der Waals surface area contributed by atoms with Gasteiger partial charge in [0.15, 0.2) is 0 Å². The van der Waals surface area contributed by atoms with E-state index in [0.29, 0.717) is 0 Å². The van der Waals surface area contributed by atoms with Gasteiger partial charge in [-0.1, -0.05) is 133 Å². The Morgan fingerprint density at radius 1 is 0.339 bits per heavy atom. The van der Waals surface area contributed by atoms with Crippen molar-refractivity contribution < 1.29 is 4.74 Å².